The summed E-state index contributed by atoms with van der Waals surface area (Å²) in [6.07, 6.45) is 0. The van der Waals surface area contributed by atoms with Gasteiger partial charge in [0.25, 0.3) is 0 Å². The number of anilines is 1. The fourth-order valence-corrected chi connectivity index (χ4v) is 2.09. The zero-order valence-corrected chi connectivity index (χ0v) is 11.0. The second-order valence-corrected chi connectivity index (χ2v) is 4.70. The molecule has 1 fully saturated rings. The molecule has 1 saturated heterocycles. The van der Waals surface area contributed by atoms with Gasteiger partial charge in [0.05, 0.1) is 5.69 Å². The van der Waals surface area contributed by atoms with Gasteiger partial charge in [-0.3, -0.25) is 0 Å². The van der Waals surface area contributed by atoms with Gasteiger partial charge in [0.2, 0.25) is 0 Å². The maximum Gasteiger partial charge on any atom is 0.339 e. The number of aromatic nitrogens is 2. The maximum atomic E-state index is 11.4. The Kier molecular flexibility index (Phi) is 3.47. The summed E-state index contributed by atoms with van der Waals surface area (Å²) in [6, 6.07) is 0. The molecule has 18 heavy (non-hydrogen) atoms. The number of hydrogen-bond acceptors (Lipinski definition) is 5. The number of rotatable bonds is 2. The van der Waals surface area contributed by atoms with E-state index in [2.05, 4.69) is 22.1 Å². The van der Waals surface area contributed by atoms with E-state index in [1.807, 2.05) is 4.90 Å². The first-order chi connectivity index (χ1) is 8.50. The predicted molar refractivity (Wildman–Crippen MR) is 68.2 cm³/mol. The number of piperazine rings is 1. The average molecular weight is 250 g/mol. The molecule has 6 nitrogen and oxygen atoms in total. The summed E-state index contributed by atoms with van der Waals surface area (Å²) in [7, 11) is 2.06. The van der Waals surface area contributed by atoms with Gasteiger partial charge in [-0.25, -0.2) is 4.79 Å². The Labute approximate surface area is 106 Å². The van der Waals surface area contributed by atoms with Crippen LogP contribution < -0.4 is 4.90 Å². The maximum absolute atomic E-state index is 11.4. The summed E-state index contributed by atoms with van der Waals surface area (Å²) >= 11 is 0. The molecule has 2 heterocycles. The van der Waals surface area contributed by atoms with Gasteiger partial charge in [-0.05, 0) is 26.5 Å². The quantitative estimate of drug-likeness (QED) is 0.826. The number of hydrogen-bond donors (Lipinski definition) is 1. The smallest absolute Gasteiger partial charge is 0.339 e. The standard InChI is InChI=1S/C12H18N4O2/c1-8-9(2)13-14-11(10(8)12(17)18)16-6-4-15(3)5-7-16/h4-7H2,1-3H3,(H,17,18). The first kappa shape index (κ1) is 12.8. The van der Waals surface area contributed by atoms with Crippen molar-refractivity contribution < 1.29 is 9.90 Å². The molecule has 1 aromatic rings. The summed E-state index contributed by atoms with van der Waals surface area (Å²) < 4.78 is 0. The molecule has 0 saturated carbocycles. The molecular formula is C12H18N4O2. The lowest BCUT2D eigenvalue weighted by atomic mass is 10.1. The number of carboxylic acid groups (broad SMARTS) is 1. The Hall–Kier alpha value is -1.69. The van der Waals surface area contributed by atoms with Crippen LogP contribution in [0.15, 0.2) is 0 Å². The molecule has 2 rings (SSSR count). The minimum atomic E-state index is -0.931. The van der Waals surface area contributed by atoms with Crippen LogP contribution in [0, 0.1) is 13.8 Å². The summed E-state index contributed by atoms with van der Waals surface area (Å²) in [5.74, 6) is -0.432. The summed E-state index contributed by atoms with van der Waals surface area (Å²) in [5.41, 5.74) is 1.66. The number of aromatic carboxylic acids is 1. The van der Waals surface area contributed by atoms with Crippen LogP contribution >= 0.6 is 0 Å². The zero-order chi connectivity index (χ0) is 13.3. The van der Waals surface area contributed by atoms with Gasteiger partial charge in [-0.1, -0.05) is 0 Å². The third-order valence-electron chi connectivity index (χ3n) is 3.45. The van der Waals surface area contributed by atoms with E-state index in [1.54, 1.807) is 13.8 Å². The third kappa shape index (κ3) is 2.28. The SMILES string of the molecule is Cc1nnc(N2CCN(C)CC2)c(C(=O)O)c1C. The van der Waals surface area contributed by atoms with Gasteiger partial charge in [0.1, 0.15) is 5.56 Å². The van der Waals surface area contributed by atoms with E-state index < -0.39 is 5.97 Å². The lowest BCUT2D eigenvalue weighted by Gasteiger charge is -2.33. The molecule has 0 atom stereocenters. The summed E-state index contributed by atoms with van der Waals surface area (Å²) in [6.45, 7) is 6.96. The highest BCUT2D eigenvalue weighted by atomic mass is 16.4. The zero-order valence-electron chi connectivity index (χ0n) is 11.0. The molecule has 1 aromatic heterocycles. The van der Waals surface area contributed by atoms with Crippen LogP contribution in [0.4, 0.5) is 5.82 Å². The Morgan fingerprint density at radius 2 is 1.78 bits per heavy atom. The molecule has 0 unspecified atom stereocenters. The van der Waals surface area contributed by atoms with Crippen molar-refractivity contribution in [1.82, 2.24) is 15.1 Å². The Morgan fingerprint density at radius 3 is 2.33 bits per heavy atom. The van der Waals surface area contributed by atoms with Crippen LogP contribution in [0.5, 0.6) is 0 Å². The van der Waals surface area contributed by atoms with E-state index in [-0.39, 0.29) is 5.56 Å². The molecule has 1 N–H and O–H groups in total. The fraction of sp³-hybridized carbons (Fsp3) is 0.583. The number of likely N-dealkylation sites (N-methyl/N-ethyl adjacent to an activating group) is 1. The van der Waals surface area contributed by atoms with Gasteiger partial charge in [0, 0.05) is 26.2 Å². The Balaban J connectivity index is 2.38. The number of nitrogens with zero attached hydrogens (tertiary/aromatic N) is 4. The van der Waals surface area contributed by atoms with Gasteiger partial charge in [0.15, 0.2) is 5.82 Å². The minimum absolute atomic E-state index is 0.284. The minimum Gasteiger partial charge on any atom is -0.478 e. The van der Waals surface area contributed by atoms with E-state index in [0.717, 1.165) is 26.2 Å². The number of aryl methyl sites for hydroxylation is 1. The van der Waals surface area contributed by atoms with Crippen molar-refractivity contribution in [3.05, 3.63) is 16.8 Å². The second-order valence-electron chi connectivity index (χ2n) is 4.70. The first-order valence-electron chi connectivity index (χ1n) is 6.01. The van der Waals surface area contributed by atoms with E-state index in [4.69, 9.17) is 0 Å². The van der Waals surface area contributed by atoms with Crippen molar-refractivity contribution in [1.29, 1.82) is 0 Å². The molecule has 1 aliphatic rings. The average Bonchev–Trinajstić information content (AvgIpc) is 2.33. The van der Waals surface area contributed by atoms with E-state index in [9.17, 15) is 9.90 Å². The van der Waals surface area contributed by atoms with Crippen LogP contribution in [0.2, 0.25) is 0 Å². The molecule has 0 bridgehead atoms. The number of carboxylic acids is 1. The van der Waals surface area contributed by atoms with E-state index in [1.165, 1.54) is 0 Å². The normalized spacial score (nSPS) is 16.9. The molecular weight excluding hydrogens is 232 g/mol. The van der Waals surface area contributed by atoms with Gasteiger partial charge < -0.3 is 14.9 Å². The Morgan fingerprint density at radius 1 is 1.17 bits per heavy atom. The number of carbonyl (C=O) groups is 1. The van der Waals surface area contributed by atoms with Crippen LogP contribution in [0.25, 0.3) is 0 Å². The molecule has 98 valence electrons. The second kappa shape index (κ2) is 4.89. The highest BCUT2D eigenvalue weighted by molar-refractivity contribution is 5.95. The lowest BCUT2D eigenvalue weighted by molar-refractivity contribution is 0.0695. The Bertz CT molecular complexity index is 467. The molecule has 0 aromatic carbocycles. The highest BCUT2D eigenvalue weighted by Crippen LogP contribution is 2.23. The molecule has 0 amide bonds. The topological polar surface area (TPSA) is 69.6 Å². The van der Waals surface area contributed by atoms with Crippen LogP contribution in [0.1, 0.15) is 21.6 Å². The van der Waals surface area contributed by atoms with E-state index >= 15 is 0 Å². The summed E-state index contributed by atoms with van der Waals surface area (Å²) in [4.78, 5) is 15.6. The third-order valence-corrected chi connectivity index (χ3v) is 3.45. The van der Waals surface area contributed by atoms with Gasteiger partial charge >= 0.3 is 5.97 Å². The molecule has 1 aliphatic heterocycles. The molecule has 0 spiro atoms. The molecule has 0 radical (unpaired) electrons. The van der Waals surface area contributed by atoms with Crippen molar-refractivity contribution in [2.45, 2.75) is 13.8 Å². The fourth-order valence-electron chi connectivity index (χ4n) is 2.09. The summed E-state index contributed by atoms with van der Waals surface area (Å²) in [5, 5.41) is 17.5. The van der Waals surface area contributed by atoms with Crippen LogP contribution in [-0.2, 0) is 0 Å². The van der Waals surface area contributed by atoms with E-state index in [0.29, 0.717) is 17.1 Å². The molecule has 0 aliphatic carbocycles. The van der Waals surface area contributed by atoms with Crippen LogP contribution in [-0.4, -0.2) is 59.4 Å². The van der Waals surface area contributed by atoms with Crippen LogP contribution in [0.3, 0.4) is 0 Å². The first-order valence-corrected chi connectivity index (χ1v) is 6.01. The highest BCUT2D eigenvalue weighted by Gasteiger charge is 2.24. The molecule has 6 heteroatoms. The van der Waals surface area contributed by atoms with Crippen molar-refractivity contribution >= 4 is 11.8 Å². The van der Waals surface area contributed by atoms with Gasteiger partial charge in [-0.2, -0.15) is 5.10 Å². The van der Waals surface area contributed by atoms with Gasteiger partial charge in [-0.15, -0.1) is 5.10 Å². The van der Waals surface area contributed by atoms with Crippen molar-refractivity contribution in [2.75, 3.05) is 38.1 Å². The lowest BCUT2D eigenvalue weighted by Crippen LogP contribution is -2.45. The van der Waals surface area contributed by atoms with Crippen molar-refractivity contribution in [3.8, 4) is 0 Å². The monoisotopic (exact) mass is 250 g/mol. The van der Waals surface area contributed by atoms with Crippen molar-refractivity contribution in [2.24, 2.45) is 0 Å². The predicted octanol–water partition coefficient (Wildman–Crippen LogP) is 0.543. The van der Waals surface area contributed by atoms with Crippen molar-refractivity contribution in [3.63, 3.8) is 0 Å². The largest absolute Gasteiger partial charge is 0.478 e.